The third kappa shape index (κ3) is 3.60. The molecule has 1 aliphatic rings. The first kappa shape index (κ1) is 16.9. The first-order valence-corrected chi connectivity index (χ1v) is 8.52. The lowest BCUT2D eigenvalue weighted by Gasteiger charge is -2.37. The van der Waals surface area contributed by atoms with Gasteiger partial charge in [0.1, 0.15) is 12.4 Å². The molecule has 0 radical (unpaired) electrons. The van der Waals surface area contributed by atoms with E-state index in [4.69, 9.17) is 4.74 Å². The molecule has 1 saturated heterocycles. The van der Waals surface area contributed by atoms with E-state index in [-0.39, 0.29) is 11.3 Å². The van der Waals surface area contributed by atoms with E-state index in [1.54, 1.807) is 7.11 Å². The van der Waals surface area contributed by atoms with Crippen molar-refractivity contribution in [2.75, 3.05) is 33.4 Å². The molecule has 0 bridgehead atoms. The zero-order valence-corrected chi connectivity index (χ0v) is 14.5. The van der Waals surface area contributed by atoms with E-state index in [2.05, 4.69) is 15.6 Å². The number of rotatable bonds is 6. The quantitative estimate of drug-likeness (QED) is 0.842. The molecule has 0 unspecified atom stereocenters. The van der Waals surface area contributed by atoms with Gasteiger partial charge in [0.25, 0.3) is 0 Å². The van der Waals surface area contributed by atoms with Crippen LogP contribution in [0.25, 0.3) is 11.0 Å². The zero-order chi connectivity index (χ0) is 17.0. The van der Waals surface area contributed by atoms with E-state index in [1.807, 2.05) is 35.8 Å². The molecule has 1 aromatic heterocycles. The molecule has 0 aliphatic carbocycles. The molecule has 2 heterocycles. The number of methoxy groups -OCH3 is 1. The SMILES string of the molecule is COCC1(CNC(=O)Cn2c(C)nc3ccccc32)CCNCC1. The number of benzene rings is 1. The van der Waals surface area contributed by atoms with Crippen LogP contribution in [0.4, 0.5) is 0 Å². The Bertz CT molecular complexity index is 699. The summed E-state index contributed by atoms with van der Waals surface area (Å²) in [5.74, 6) is 0.884. The molecule has 1 fully saturated rings. The summed E-state index contributed by atoms with van der Waals surface area (Å²) in [6.45, 7) is 5.53. The van der Waals surface area contributed by atoms with Crippen LogP contribution in [0.1, 0.15) is 18.7 Å². The Hall–Kier alpha value is -1.92. The Labute approximate surface area is 142 Å². The number of hydrogen-bond acceptors (Lipinski definition) is 4. The van der Waals surface area contributed by atoms with E-state index in [1.165, 1.54) is 0 Å². The van der Waals surface area contributed by atoms with Crippen molar-refractivity contribution >= 4 is 16.9 Å². The monoisotopic (exact) mass is 330 g/mol. The average Bonchev–Trinajstić information content (AvgIpc) is 2.90. The zero-order valence-electron chi connectivity index (χ0n) is 14.5. The number of para-hydroxylation sites is 2. The molecule has 2 aromatic rings. The second-order valence-electron chi connectivity index (χ2n) is 6.69. The number of carbonyl (C=O) groups is 1. The minimum atomic E-state index is 0.0234. The maximum absolute atomic E-state index is 12.5. The van der Waals surface area contributed by atoms with E-state index >= 15 is 0 Å². The van der Waals surface area contributed by atoms with Gasteiger partial charge in [0.05, 0.1) is 17.6 Å². The second kappa shape index (κ2) is 7.32. The normalized spacial score (nSPS) is 17.1. The average molecular weight is 330 g/mol. The highest BCUT2D eigenvalue weighted by Crippen LogP contribution is 2.28. The number of hydrogen-bond donors (Lipinski definition) is 2. The van der Waals surface area contributed by atoms with Gasteiger partial charge in [0.2, 0.25) is 5.91 Å². The van der Waals surface area contributed by atoms with Crippen molar-refractivity contribution in [3.05, 3.63) is 30.1 Å². The summed E-state index contributed by atoms with van der Waals surface area (Å²) in [5, 5.41) is 6.48. The number of piperidine rings is 1. The van der Waals surface area contributed by atoms with Gasteiger partial charge in [-0.15, -0.1) is 0 Å². The van der Waals surface area contributed by atoms with Crippen molar-refractivity contribution in [2.24, 2.45) is 5.41 Å². The Morgan fingerprint density at radius 2 is 2.12 bits per heavy atom. The maximum Gasteiger partial charge on any atom is 0.240 e. The van der Waals surface area contributed by atoms with Crippen LogP contribution in [0.3, 0.4) is 0 Å². The Kier molecular flexibility index (Phi) is 5.16. The number of carbonyl (C=O) groups excluding carboxylic acids is 1. The van der Waals surface area contributed by atoms with Crippen LogP contribution in [0, 0.1) is 12.3 Å². The highest BCUT2D eigenvalue weighted by atomic mass is 16.5. The number of fused-ring (bicyclic) bond motifs is 1. The van der Waals surface area contributed by atoms with Crippen LogP contribution in [0.2, 0.25) is 0 Å². The Morgan fingerprint density at radius 3 is 2.88 bits per heavy atom. The lowest BCUT2D eigenvalue weighted by molar-refractivity contribution is -0.122. The van der Waals surface area contributed by atoms with Gasteiger partial charge in [-0.1, -0.05) is 12.1 Å². The van der Waals surface area contributed by atoms with E-state index in [9.17, 15) is 4.79 Å². The lowest BCUT2D eigenvalue weighted by Crippen LogP contribution is -2.47. The summed E-state index contributed by atoms with van der Waals surface area (Å²) >= 11 is 0. The topological polar surface area (TPSA) is 68.2 Å². The third-order valence-corrected chi connectivity index (χ3v) is 4.92. The van der Waals surface area contributed by atoms with Gasteiger partial charge in [0.15, 0.2) is 0 Å². The van der Waals surface area contributed by atoms with Crippen molar-refractivity contribution in [2.45, 2.75) is 26.3 Å². The number of nitrogens with zero attached hydrogens (tertiary/aromatic N) is 2. The number of aromatic nitrogens is 2. The second-order valence-corrected chi connectivity index (χ2v) is 6.69. The molecule has 24 heavy (non-hydrogen) atoms. The van der Waals surface area contributed by atoms with Gasteiger partial charge in [-0.25, -0.2) is 4.98 Å². The predicted molar refractivity (Wildman–Crippen MR) is 93.9 cm³/mol. The largest absolute Gasteiger partial charge is 0.384 e. The van der Waals surface area contributed by atoms with Gasteiger partial charge in [-0.3, -0.25) is 4.79 Å². The fourth-order valence-electron chi connectivity index (χ4n) is 3.52. The minimum Gasteiger partial charge on any atom is -0.384 e. The predicted octanol–water partition coefficient (Wildman–Crippen LogP) is 1.48. The summed E-state index contributed by atoms with van der Waals surface area (Å²) in [7, 11) is 1.73. The smallest absolute Gasteiger partial charge is 0.240 e. The number of amides is 1. The molecule has 3 rings (SSSR count). The fourth-order valence-corrected chi connectivity index (χ4v) is 3.52. The molecular formula is C18H26N4O2. The van der Waals surface area contributed by atoms with Crippen LogP contribution >= 0.6 is 0 Å². The molecule has 0 saturated carbocycles. The number of ether oxygens (including phenoxy) is 1. The van der Waals surface area contributed by atoms with Gasteiger partial charge in [-0.05, 0) is 45.0 Å². The van der Waals surface area contributed by atoms with E-state index < -0.39 is 0 Å². The van der Waals surface area contributed by atoms with Gasteiger partial charge in [0, 0.05) is 19.1 Å². The van der Waals surface area contributed by atoms with Gasteiger partial charge in [-0.2, -0.15) is 0 Å². The molecule has 1 amide bonds. The van der Waals surface area contributed by atoms with Crippen molar-refractivity contribution in [1.29, 1.82) is 0 Å². The van der Waals surface area contributed by atoms with Crippen molar-refractivity contribution in [3.63, 3.8) is 0 Å². The molecule has 0 atom stereocenters. The molecular weight excluding hydrogens is 304 g/mol. The minimum absolute atomic E-state index is 0.0234. The van der Waals surface area contributed by atoms with Crippen molar-refractivity contribution in [3.8, 4) is 0 Å². The molecule has 1 aromatic carbocycles. The summed E-state index contributed by atoms with van der Waals surface area (Å²) in [6, 6.07) is 7.91. The Morgan fingerprint density at radius 1 is 1.38 bits per heavy atom. The van der Waals surface area contributed by atoms with Crippen molar-refractivity contribution in [1.82, 2.24) is 20.2 Å². The molecule has 130 valence electrons. The summed E-state index contributed by atoms with van der Waals surface area (Å²) < 4.78 is 7.37. The standard InChI is InChI=1S/C18H26N4O2/c1-14-21-15-5-3-4-6-16(15)22(14)11-17(23)20-12-18(13-24-2)7-9-19-10-8-18/h3-6,19H,7-13H2,1-2H3,(H,20,23). The van der Waals surface area contributed by atoms with Crippen molar-refractivity contribution < 1.29 is 9.53 Å². The molecule has 2 N–H and O–H groups in total. The first-order valence-electron chi connectivity index (χ1n) is 8.52. The molecule has 0 spiro atoms. The molecule has 6 heteroatoms. The van der Waals surface area contributed by atoms with Crippen LogP contribution < -0.4 is 10.6 Å². The van der Waals surface area contributed by atoms with Gasteiger partial charge < -0.3 is 19.9 Å². The summed E-state index contributed by atoms with van der Waals surface area (Å²) in [6.07, 6.45) is 2.04. The number of imidazole rings is 1. The number of nitrogens with one attached hydrogen (secondary N) is 2. The highest BCUT2D eigenvalue weighted by Gasteiger charge is 2.32. The third-order valence-electron chi connectivity index (χ3n) is 4.92. The maximum atomic E-state index is 12.5. The summed E-state index contributed by atoms with van der Waals surface area (Å²) in [4.78, 5) is 17.0. The van der Waals surface area contributed by atoms with Gasteiger partial charge >= 0.3 is 0 Å². The highest BCUT2D eigenvalue weighted by molar-refractivity contribution is 5.81. The Balaban J connectivity index is 1.65. The number of aryl methyl sites for hydroxylation is 1. The van der Waals surface area contributed by atoms with E-state index in [0.29, 0.717) is 19.7 Å². The van der Waals surface area contributed by atoms with Crippen LogP contribution in [0.5, 0.6) is 0 Å². The lowest BCUT2D eigenvalue weighted by atomic mass is 9.79. The molecule has 1 aliphatic heterocycles. The van der Waals surface area contributed by atoms with Crippen LogP contribution in [0.15, 0.2) is 24.3 Å². The van der Waals surface area contributed by atoms with Crippen LogP contribution in [-0.2, 0) is 16.1 Å². The van der Waals surface area contributed by atoms with Crippen LogP contribution in [-0.4, -0.2) is 48.8 Å². The first-order chi connectivity index (χ1) is 11.6. The molecule has 6 nitrogen and oxygen atoms in total. The fraction of sp³-hybridized carbons (Fsp3) is 0.556. The summed E-state index contributed by atoms with van der Waals surface area (Å²) in [5.41, 5.74) is 1.97. The van der Waals surface area contributed by atoms with E-state index in [0.717, 1.165) is 42.8 Å².